The van der Waals surface area contributed by atoms with Crippen molar-refractivity contribution in [1.29, 1.82) is 0 Å². The fourth-order valence-electron chi connectivity index (χ4n) is 2.29. The SMILES string of the molecule is Cc1ccc(O[C@H]2CCCC(C(=O)O)C2)cc1. The topological polar surface area (TPSA) is 46.5 Å². The maximum absolute atomic E-state index is 10.9. The second-order valence-electron chi connectivity index (χ2n) is 4.75. The zero-order chi connectivity index (χ0) is 12.3. The van der Waals surface area contributed by atoms with Gasteiger partial charge in [-0.3, -0.25) is 4.79 Å². The first-order valence-corrected chi connectivity index (χ1v) is 6.11. The van der Waals surface area contributed by atoms with E-state index in [9.17, 15) is 4.79 Å². The van der Waals surface area contributed by atoms with E-state index >= 15 is 0 Å². The number of aryl methyl sites for hydroxylation is 1. The van der Waals surface area contributed by atoms with Gasteiger partial charge in [0.25, 0.3) is 0 Å². The van der Waals surface area contributed by atoms with Gasteiger partial charge < -0.3 is 9.84 Å². The normalized spacial score (nSPS) is 24.3. The van der Waals surface area contributed by atoms with Gasteiger partial charge in [-0.1, -0.05) is 17.7 Å². The number of benzene rings is 1. The summed E-state index contributed by atoms with van der Waals surface area (Å²) in [4.78, 5) is 10.9. The molecule has 1 N–H and O–H groups in total. The summed E-state index contributed by atoms with van der Waals surface area (Å²) in [5.74, 6) is -0.0898. The van der Waals surface area contributed by atoms with Gasteiger partial charge in [0.05, 0.1) is 12.0 Å². The third-order valence-corrected chi connectivity index (χ3v) is 3.30. The van der Waals surface area contributed by atoms with Crippen LogP contribution in [0.5, 0.6) is 5.75 Å². The molecule has 1 aliphatic carbocycles. The predicted molar refractivity (Wildman–Crippen MR) is 65.2 cm³/mol. The lowest BCUT2D eigenvalue weighted by molar-refractivity contribution is -0.143. The number of hydrogen-bond donors (Lipinski definition) is 1. The average Bonchev–Trinajstić information content (AvgIpc) is 2.32. The molecule has 3 heteroatoms. The summed E-state index contributed by atoms with van der Waals surface area (Å²) in [5, 5.41) is 9.00. The van der Waals surface area contributed by atoms with Crippen LogP contribution in [-0.4, -0.2) is 17.2 Å². The first-order chi connectivity index (χ1) is 8.15. The molecule has 0 saturated heterocycles. The van der Waals surface area contributed by atoms with Crippen LogP contribution in [0.15, 0.2) is 24.3 Å². The molecule has 0 spiro atoms. The molecular weight excluding hydrogens is 216 g/mol. The van der Waals surface area contributed by atoms with Gasteiger partial charge in [0.15, 0.2) is 0 Å². The maximum atomic E-state index is 10.9. The highest BCUT2D eigenvalue weighted by Gasteiger charge is 2.27. The second kappa shape index (κ2) is 5.21. The van der Waals surface area contributed by atoms with Crippen molar-refractivity contribution in [2.75, 3.05) is 0 Å². The van der Waals surface area contributed by atoms with Crippen LogP contribution < -0.4 is 4.74 Å². The highest BCUT2D eigenvalue weighted by Crippen LogP contribution is 2.28. The Morgan fingerprint density at radius 2 is 2.00 bits per heavy atom. The standard InChI is InChI=1S/C14H18O3/c1-10-5-7-12(8-6-10)17-13-4-2-3-11(9-13)14(15)16/h5-8,11,13H,2-4,9H2,1H3,(H,15,16)/t11?,13-/m0/s1. The molecule has 1 aliphatic rings. The third kappa shape index (κ3) is 3.22. The molecule has 1 aromatic carbocycles. The van der Waals surface area contributed by atoms with Crippen molar-refractivity contribution >= 4 is 5.97 Å². The van der Waals surface area contributed by atoms with Gasteiger partial charge in [0.1, 0.15) is 5.75 Å². The van der Waals surface area contributed by atoms with Crippen LogP contribution in [0.2, 0.25) is 0 Å². The van der Waals surface area contributed by atoms with Crippen LogP contribution in [-0.2, 0) is 4.79 Å². The highest BCUT2D eigenvalue weighted by molar-refractivity contribution is 5.70. The number of rotatable bonds is 3. The molecule has 1 saturated carbocycles. The molecule has 2 rings (SSSR count). The summed E-state index contributed by atoms with van der Waals surface area (Å²) in [6.07, 6.45) is 3.35. The van der Waals surface area contributed by atoms with Crippen LogP contribution in [0.25, 0.3) is 0 Å². The summed E-state index contributed by atoms with van der Waals surface area (Å²) in [6, 6.07) is 7.90. The van der Waals surface area contributed by atoms with Crippen LogP contribution in [0.4, 0.5) is 0 Å². The van der Waals surface area contributed by atoms with E-state index in [0.717, 1.165) is 25.0 Å². The van der Waals surface area contributed by atoms with Crippen molar-refractivity contribution < 1.29 is 14.6 Å². The molecule has 0 bridgehead atoms. The zero-order valence-electron chi connectivity index (χ0n) is 10.1. The zero-order valence-corrected chi connectivity index (χ0v) is 10.1. The number of ether oxygens (including phenoxy) is 1. The lowest BCUT2D eigenvalue weighted by Gasteiger charge is -2.27. The molecule has 1 aromatic rings. The minimum atomic E-state index is -0.692. The Hall–Kier alpha value is -1.51. The molecule has 1 fully saturated rings. The van der Waals surface area contributed by atoms with Crippen molar-refractivity contribution in [3.63, 3.8) is 0 Å². The average molecular weight is 234 g/mol. The summed E-state index contributed by atoms with van der Waals surface area (Å²) < 4.78 is 5.83. The fourth-order valence-corrected chi connectivity index (χ4v) is 2.29. The van der Waals surface area contributed by atoms with Crippen molar-refractivity contribution in [1.82, 2.24) is 0 Å². The lowest BCUT2D eigenvalue weighted by atomic mass is 9.87. The monoisotopic (exact) mass is 234 g/mol. The van der Waals surface area contributed by atoms with Gasteiger partial charge in [0, 0.05) is 0 Å². The number of carbonyl (C=O) groups is 1. The van der Waals surface area contributed by atoms with E-state index in [1.165, 1.54) is 5.56 Å². The first-order valence-electron chi connectivity index (χ1n) is 6.11. The predicted octanol–water partition coefficient (Wildman–Crippen LogP) is 3.02. The van der Waals surface area contributed by atoms with Crippen molar-refractivity contribution in [3.05, 3.63) is 29.8 Å². The number of aliphatic carboxylic acids is 1. The Balaban J connectivity index is 1.94. The summed E-state index contributed by atoms with van der Waals surface area (Å²) >= 11 is 0. The third-order valence-electron chi connectivity index (χ3n) is 3.30. The number of carboxylic acid groups (broad SMARTS) is 1. The molecule has 0 aliphatic heterocycles. The molecule has 0 heterocycles. The maximum Gasteiger partial charge on any atom is 0.306 e. The largest absolute Gasteiger partial charge is 0.490 e. The molecular formula is C14H18O3. The van der Waals surface area contributed by atoms with Crippen LogP contribution in [0.3, 0.4) is 0 Å². The molecule has 0 aromatic heterocycles. The molecule has 0 radical (unpaired) electrons. The lowest BCUT2D eigenvalue weighted by Crippen LogP contribution is -2.29. The Morgan fingerprint density at radius 1 is 1.29 bits per heavy atom. The Bertz CT molecular complexity index is 383. The van der Waals surface area contributed by atoms with Gasteiger partial charge in [0.2, 0.25) is 0 Å². The van der Waals surface area contributed by atoms with E-state index in [4.69, 9.17) is 9.84 Å². The van der Waals surface area contributed by atoms with Crippen molar-refractivity contribution in [3.8, 4) is 5.75 Å². The molecule has 92 valence electrons. The minimum absolute atomic E-state index is 0.0487. The molecule has 2 atom stereocenters. The van der Waals surface area contributed by atoms with Crippen molar-refractivity contribution in [2.45, 2.75) is 38.7 Å². The quantitative estimate of drug-likeness (QED) is 0.874. The Kier molecular flexibility index (Phi) is 3.67. The first kappa shape index (κ1) is 12.0. The van der Waals surface area contributed by atoms with E-state index < -0.39 is 5.97 Å². The minimum Gasteiger partial charge on any atom is -0.490 e. The number of carboxylic acids is 1. The van der Waals surface area contributed by atoms with Crippen LogP contribution in [0, 0.1) is 12.8 Å². The van der Waals surface area contributed by atoms with E-state index in [-0.39, 0.29) is 12.0 Å². The fraction of sp³-hybridized carbons (Fsp3) is 0.500. The van der Waals surface area contributed by atoms with Gasteiger partial charge in [-0.05, 0) is 44.7 Å². The summed E-state index contributed by atoms with van der Waals surface area (Å²) in [5.41, 5.74) is 1.20. The van der Waals surface area contributed by atoms with Crippen LogP contribution >= 0.6 is 0 Å². The molecule has 17 heavy (non-hydrogen) atoms. The second-order valence-corrected chi connectivity index (χ2v) is 4.75. The molecule has 1 unspecified atom stereocenters. The molecule has 0 amide bonds. The van der Waals surface area contributed by atoms with Gasteiger partial charge in [-0.15, -0.1) is 0 Å². The van der Waals surface area contributed by atoms with Crippen LogP contribution in [0.1, 0.15) is 31.2 Å². The van der Waals surface area contributed by atoms with E-state index in [1.807, 2.05) is 31.2 Å². The smallest absolute Gasteiger partial charge is 0.306 e. The van der Waals surface area contributed by atoms with E-state index in [1.54, 1.807) is 0 Å². The highest BCUT2D eigenvalue weighted by atomic mass is 16.5. The Labute approximate surface area is 101 Å². The summed E-state index contributed by atoms with van der Waals surface area (Å²) in [6.45, 7) is 2.03. The Morgan fingerprint density at radius 3 is 2.65 bits per heavy atom. The van der Waals surface area contributed by atoms with Gasteiger partial charge in [-0.25, -0.2) is 0 Å². The van der Waals surface area contributed by atoms with Gasteiger partial charge in [-0.2, -0.15) is 0 Å². The van der Waals surface area contributed by atoms with Gasteiger partial charge >= 0.3 is 5.97 Å². The van der Waals surface area contributed by atoms with E-state index in [2.05, 4.69) is 0 Å². The number of hydrogen-bond acceptors (Lipinski definition) is 2. The summed E-state index contributed by atoms with van der Waals surface area (Å²) in [7, 11) is 0. The van der Waals surface area contributed by atoms with E-state index in [0.29, 0.717) is 6.42 Å². The van der Waals surface area contributed by atoms with Crippen molar-refractivity contribution in [2.24, 2.45) is 5.92 Å². The molecule has 3 nitrogen and oxygen atoms in total.